The SMILES string of the molecule is CCON.COP(=O)(O)O. The normalized spacial score (nSPS) is 10.1. The lowest BCUT2D eigenvalue weighted by Crippen LogP contribution is -1.94. The third-order valence-electron chi connectivity index (χ3n) is 0.405. The second kappa shape index (κ2) is 7.14. The van der Waals surface area contributed by atoms with Gasteiger partial charge in [0.1, 0.15) is 0 Å². The molecule has 0 bridgehead atoms. The molecule has 6 nitrogen and oxygen atoms in total. The van der Waals surface area contributed by atoms with E-state index in [9.17, 15) is 4.57 Å². The maximum absolute atomic E-state index is 9.47. The number of rotatable bonds is 2. The van der Waals surface area contributed by atoms with E-state index in [4.69, 9.17) is 9.79 Å². The Morgan fingerprint density at radius 1 is 1.60 bits per heavy atom. The second-order valence-corrected chi connectivity index (χ2v) is 2.47. The Kier molecular flexibility index (Phi) is 9.06. The van der Waals surface area contributed by atoms with Gasteiger partial charge in [0.25, 0.3) is 0 Å². The molecule has 0 radical (unpaired) electrons. The molecule has 7 heteroatoms. The summed E-state index contributed by atoms with van der Waals surface area (Å²) < 4.78 is 13.1. The molecule has 0 aliphatic rings. The number of hydrogen-bond acceptors (Lipinski definition) is 4. The molecular weight excluding hydrogens is 161 g/mol. The van der Waals surface area contributed by atoms with Crippen LogP contribution in [-0.4, -0.2) is 23.5 Å². The fraction of sp³-hybridized carbons (Fsp3) is 1.00. The summed E-state index contributed by atoms with van der Waals surface area (Å²) in [7, 11) is -3.20. The molecule has 0 amide bonds. The molecular formula is C3H12NO5P. The zero-order valence-electron chi connectivity index (χ0n) is 5.85. The van der Waals surface area contributed by atoms with Gasteiger partial charge in [-0.05, 0) is 6.92 Å². The van der Waals surface area contributed by atoms with Crippen molar-refractivity contribution in [1.82, 2.24) is 0 Å². The fourth-order valence-electron chi connectivity index (χ4n) is 0. The van der Waals surface area contributed by atoms with E-state index in [1.165, 1.54) is 0 Å². The molecule has 0 unspecified atom stereocenters. The largest absolute Gasteiger partial charge is 0.469 e. The van der Waals surface area contributed by atoms with Crippen LogP contribution in [0.5, 0.6) is 0 Å². The van der Waals surface area contributed by atoms with Gasteiger partial charge in [0.05, 0.1) is 6.61 Å². The molecule has 0 atom stereocenters. The number of phosphoric ester groups is 1. The Balaban J connectivity index is 0. The van der Waals surface area contributed by atoms with Crippen molar-refractivity contribution in [2.45, 2.75) is 6.92 Å². The van der Waals surface area contributed by atoms with Crippen LogP contribution >= 0.6 is 7.82 Å². The summed E-state index contributed by atoms with van der Waals surface area (Å²) in [6.07, 6.45) is 0. The summed E-state index contributed by atoms with van der Waals surface area (Å²) in [6, 6.07) is 0. The quantitative estimate of drug-likeness (QED) is 0.388. The van der Waals surface area contributed by atoms with Gasteiger partial charge in [0.2, 0.25) is 0 Å². The molecule has 0 aliphatic carbocycles. The van der Waals surface area contributed by atoms with Crippen LogP contribution in [0.2, 0.25) is 0 Å². The van der Waals surface area contributed by atoms with Gasteiger partial charge < -0.3 is 14.6 Å². The minimum absolute atomic E-state index is 0.597. The van der Waals surface area contributed by atoms with Crippen LogP contribution in [0.15, 0.2) is 0 Å². The minimum atomic E-state index is -4.15. The zero-order valence-corrected chi connectivity index (χ0v) is 6.75. The fourth-order valence-corrected chi connectivity index (χ4v) is 0. The minimum Gasteiger partial charge on any atom is -0.305 e. The summed E-state index contributed by atoms with van der Waals surface area (Å²) in [5, 5.41) is 0. The van der Waals surface area contributed by atoms with E-state index in [-0.39, 0.29) is 0 Å². The van der Waals surface area contributed by atoms with E-state index in [0.717, 1.165) is 7.11 Å². The van der Waals surface area contributed by atoms with E-state index in [0.29, 0.717) is 6.61 Å². The van der Waals surface area contributed by atoms with Crippen molar-refractivity contribution in [3.8, 4) is 0 Å². The average molecular weight is 173 g/mol. The van der Waals surface area contributed by atoms with Crippen molar-refractivity contribution in [3.05, 3.63) is 0 Å². The molecule has 64 valence electrons. The molecule has 0 saturated carbocycles. The summed E-state index contributed by atoms with van der Waals surface area (Å²) >= 11 is 0. The molecule has 4 N–H and O–H groups in total. The summed E-state index contributed by atoms with van der Waals surface area (Å²) in [5.41, 5.74) is 0. The van der Waals surface area contributed by atoms with E-state index >= 15 is 0 Å². The van der Waals surface area contributed by atoms with E-state index in [1.54, 1.807) is 0 Å². The highest BCUT2D eigenvalue weighted by molar-refractivity contribution is 7.46. The van der Waals surface area contributed by atoms with Crippen LogP contribution in [0.1, 0.15) is 6.92 Å². The van der Waals surface area contributed by atoms with Crippen LogP contribution in [0.4, 0.5) is 0 Å². The Morgan fingerprint density at radius 2 is 1.80 bits per heavy atom. The molecule has 0 aliphatic heterocycles. The van der Waals surface area contributed by atoms with Crippen LogP contribution in [-0.2, 0) is 13.9 Å². The molecule has 0 spiro atoms. The van der Waals surface area contributed by atoms with Gasteiger partial charge in [-0.2, -0.15) is 0 Å². The molecule has 0 heterocycles. The molecule has 0 aromatic carbocycles. The first-order chi connectivity index (χ1) is 4.47. The van der Waals surface area contributed by atoms with Crippen molar-refractivity contribution in [2.75, 3.05) is 13.7 Å². The van der Waals surface area contributed by atoms with Crippen LogP contribution in [0, 0.1) is 0 Å². The molecule has 0 aromatic heterocycles. The van der Waals surface area contributed by atoms with Gasteiger partial charge in [-0.25, -0.2) is 10.5 Å². The van der Waals surface area contributed by atoms with Crippen LogP contribution in [0.25, 0.3) is 0 Å². The Bertz CT molecular complexity index is 99.1. The third kappa shape index (κ3) is 24.4. The number of hydrogen-bond donors (Lipinski definition) is 3. The molecule has 0 saturated heterocycles. The van der Waals surface area contributed by atoms with E-state index in [1.807, 2.05) is 6.92 Å². The van der Waals surface area contributed by atoms with Gasteiger partial charge >= 0.3 is 7.82 Å². The maximum atomic E-state index is 9.47. The van der Waals surface area contributed by atoms with Crippen molar-refractivity contribution < 1.29 is 23.7 Å². The average Bonchev–Trinajstić information content (AvgIpc) is 1.87. The van der Waals surface area contributed by atoms with Crippen molar-refractivity contribution >= 4 is 7.82 Å². The van der Waals surface area contributed by atoms with Crippen molar-refractivity contribution in [2.24, 2.45) is 5.90 Å². The lowest BCUT2D eigenvalue weighted by atomic mass is 10.9. The topological polar surface area (TPSA) is 102 Å². The number of nitrogens with two attached hydrogens (primary N) is 1. The summed E-state index contributed by atoms with van der Waals surface area (Å²) in [5.74, 6) is 4.53. The van der Waals surface area contributed by atoms with Crippen LogP contribution in [0.3, 0.4) is 0 Å². The molecule has 10 heavy (non-hydrogen) atoms. The van der Waals surface area contributed by atoms with Crippen LogP contribution < -0.4 is 5.90 Å². The van der Waals surface area contributed by atoms with Gasteiger partial charge in [-0.15, -0.1) is 0 Å². The first-order valence-corrected chi connectivity index (χ1v) is 3.94. The van der Waals surface area contributed by atoms with Crippen molar-refractivity contribution in [1.29, 1.82) is 0 Å². The summed E-state index contributed by atoms with van der Waals surface area (Å²) in [4.78, 5) is 19.5. The van der Waals surface area contributed by atoms with E-state index in [2.05, 4.69) is 15.3 Å². The second-order valence-electron chi connectivity index (χ2n) is 1.13. The Hall–Kier alpha value is 0.0300. The Labute approximate surface area is 59.1 Å². The zero-order chi connectivity index (χ0) is 8.62. The monoisotopic (exact) mass is 173 g/mol. The van der Waals surface area contributed by atoms with Gasteiger partial charge in [0.15, 0.2) is 0 Å². The predicted octanol–water partition coefficient (Wildman–Crippen LogP) is -0.378. The van der Waals surface area contributed by atoms with Crippen molar-refractivity contribution in [3.63, 3.8) is 0 Å². The van der Waals surface area contributed by atoms with E-state index < -0.39 is 7.82 Å². The molecule has 0 fully saturated rings. The maximum Gasteiger partial charge on any atom is 0.469 e. The molecule has 0 aromatic rings. The lowest BCUT2D eigenvalue weighted by Gasteiger charge is -1.93. The highest BCUT2D eigenvalue weighted by Crippen LogP contribution is 2.33. The Morgan fingerprint density at radius 3 is 1.80 bits per heavy atom. The third-order valence-corrected chi connectivity index (χ3v) is 0.880. The highest BCUT2D eigenvalue weighted by atomic mass is 31.2. The predicted molar refractivity (Wildman–Crippen MR) is 34.9 cm³/mol. The summed E-state index contributed by atoms with van der Waals surface area (Å²) in [6.45, 7) is 2.43. The van der Waals surface area contributed by atoms with Gasteiger partial charge in [-0.3, -0.25) is 4.52 Å². The first-order valence-electron chi connectivity index (χ1n) is 2.40. The van der Waals surface area contributed by atoms with Gasteiger partial charge in [-0.1, -0.05) is 0 Å². The van der Waals surface area contributed by atoms with Gasteiger partial charge in [0, 0.05) is 7.11 Å². The standard InChI is InChI=1S/C2H7NO.CH5O4P/c1-2-4-3;1-5-6(2,3)4/h2-3H2,1H3;1H3,(H2,2,3,4). The first kappa shape index (κ1) is 12.7. The smallest absolute Gasteiger partial charge is 0.305 e. The number of phosphoric acid groups is 1. The lowest BCUT2D eigenvalue weighted by molar-refractivity contribution is 0.152. The molecule has 0 rings (SSSR count). The highest BCUT2D eigenvalue weighted by Gasteiger charge is 2.07.